The van der Waals surface area contributed by atoms with Crippen molar-refractivity contribution < 1.29 is 14.6 Å². The minimum atomic E-state index is -0.252. The highest BCUT2D eigenvalue weighted by molar-refractivity contribution is 6.38. The highest BCUT2D eigenvalue weighted by atomic mass is 35.5. The van der Waals surface area contributed by atoms with Gasteiger partial charge in [0.25, 0.3) is 0 Å². The Morgan fingerprint density at radius 2 is 2.06 bits per heavy atom. The van der Waals surface area contributed by atoms with E-state index in [0.29, 0.717) is 62.5 Å². The molecule has 0 saturated carbocycles. The molecule has 1 aromatic carbocycles. The molecule has 2 atom stereocenters. The number of nitrogens with zero attached hydrogens (tertiary/aromatic N) is 6. The first-order chi connectivity index (χ1) is 17.4. The summed E-state index contributed by atoms with van der Waals surface area (Å²) in [7, 11) is 1.53. The van der Waals surface area contributed by atoms with Gasteiger partial charge in [-0.05, 0) is 31.9 Å². The topological polar surface area (TPSA) is 148 Å². The number of methoxy groups -OCH3 is 1. The van der Waals surface area contributed by atoms with Gasteiger partial charge in [0.1, 0.15) is 16.7 Å². The molecule has 4 N–H and O–H groups in total. The van der Waals surface area contributed by atoms with E-state index in [1.165, 1.54) is 7.11 Å². The van der Waals surface area contributed by atoms with Crippen LogP contribution in [0.4, 0.5) is 5.82 Å². The fourth-order valence-corrected chi connectivity index (χ4v) is 5.66. The Kier molecular flexibility index (Phi) is 5.67. The second-order valence-electron chi connectivity index (χ2n) is 9.52. The highest BCUT2D eigenvalue weighted by Gasteiger charge is 2.47. The molecule has 2 saturated heterocycles. The molecule has 0 amide bonds. The molecule has 0 aliphatic carbocycles. The fraction of sp³-hybridized carbons (Fsp3) is 0.458. The van der Waals surface area contributed by atoms with Crippen LogP contribution in [0.5, 0.6) is 5.88 Å². The average molecular weight is 511 g/mol. The van der Waals surface area contributed by atoms with E-state index in [0.717, 1.165) is 25.9 Å². The van der Waals surface area contributed by atoms with Gasteiger partial charge < -0.3 is 25.2 Å². The van der Waals surface area contributed by atoms with Crippen LogP contribution in [0.2, 0.25) is 5.02 Å². The summed E-state index contributed by atoms with van der Waals surface area (Å²) in [6.07, 6.45) is 3.40. The monoisotopic (exact) mass is 510 g/mol. The van der Waals surface area contributed by atoms with E-state index in [1.807, 2.05) is 19.1 Å². The van der Waals surface area contributed by atoms with Crippen molar-refractivity contribution in [1.29, 1.82) is 0 Å². The van der Waals surface area contributed by atoms with Gasteiger partial charge in [-0.2, -0.15) is 5.10 Å². The summed E-state index contributed by atoms with van der Waals surface area (Å²) in [4.78, 5) is 20.5. The predicted octanol–water partition coefficient (Wildman–Crippen LogP) is 2.45. The number of aliphatic hydroxyl groups is 1. The number of aliphatic hydroxyl groups excluding tert-OH is 1. The van der Waals surface area contributed by atoms with Gasteiger partial charge in [0.05, 0.1) is 48.9 Å². The van der Waals surface area contributed by atoms with E-state index in [-0.39, 0.29) is 24.2 Å². The summed E-state index contributed by atoms with van der Waals surface area (Å²) in [5, 5.41) is 18.0. The smallest absolute Gasteiger partial charge is 0.232 e. The van der Waals surface area contributed by atoms with Crippen molar-refractivity contribution in [3.8, 4) is 17.1 Å². The summed E-state index contributed by atoms with van der Waals surface area (Å²) < 4.78 is 11.0. The molecule has 0 unspecified atom stereocenters. The molecule has 188 valence electrons. The van der Waals surface area contributed by atoms with Crippen LogP contribution in [-0.2, 0) is 11.3 Å². The Balaban J connectivity index is 1.36. The van der Waals surface area contributed by atoms with Crippen molar-refractivity contribution in [1.82, 2.24) is 30.1 Å². The number of fused-ring (bicyclic) bond motifs is 2. The van der Waals surface area contributed by atoms with Crippen molar-refractivity contribution in [2.75, 3.05) is 31.7 Å². The maximum atomic E-state index is 10.2. The van der Waals surface area contributed by atoms with Crippen molar-refractivity contribution in [3.63, 3.8) is 0 Å². The van der Waals surface area contributed by atoms with E-state index in [9.17, 15) is 5.11 Å². The van der Waals surface area contributed by atoms with Gasteiger partial charge in [0.2, 0.25) is 11.5 Å². The van der Waals surface area contributed by atoms with Crippen LogP contribution in [0.3, 0.4) is 0 Å². The van der Waals surface area contributed by atoms with Crippen LogP contribution in [0.1, 0.15) is 25.5 Å². The zero-order valence-electron chi connectivity index (χ0n) is 20.0. The standard InChI is InChI=1S/C24H27ClN8O3/c1-12-21(26)24(11-36-12)5-7-33(8-6-24)23-15(10-34)28-20-18(31-32-22(20)30-23)13-3-4-14-19(17(13)25)29-16(35-2)9-27-14/h3-4,9,12,21,34H,5-8,10-11,26H2,1-2H3,(H,30,31,32)/t12-,21+/m0/s1. The fourth-order valence-electron chi connectivity index (χ4n) is 5.36. The molecule has 11 nitrogen and oxygen atoms in total. The van der Waals surface area contributed by atoms with Crippen LogP contribution in [0.25, 0.3) is 33.5 Å². The molecule has 4 aromatic rings. The molecule has 2 aliphatic heterocycles. The molecule has 1 spiro atoms. The normalized spacial score (nSPS) is 21.6. The zero-order valence-corrected chi connectivity index (χ0v) is 20.8. The number of rotatable bonds is 4. The number of nitrogens with one attached hydrogen (secondary N) is 1. The Bertz CT molecular complexity index is 1450. The lowest BCUT2D eigenvalue weighted by Gasteiger charge is -2.41. The summed E-state index contributed by atoms with van der Waals surface area (Å²) in [5.41, 5.74) is 10.3. The molecule has 0 bridgehead atoms. The first-order valence-electron chi connectivity index (χ1n) is 11.9. The number of H-pyrrole nitrogens is 1. The summed E-state index contributed by atoms with van der Waals surface area (Å²) in [6.45, 7) is 3.98. The molecule has 0 radical (unpaired) electrons. The molecule has 12 heteroatoms. The predicted molar refractivity (Wildman–Crippen MR) is 135 cm³/mol. The van der Waals surface area contributed by atoms with Crippen molar-refractivity contribution in [2.45, 2.75) is 38.5 Å². The Hall–Kier alpha value is -3.12. The number of nitrogens with two attached hydrogens (primary N) is 1. The molecule has 2 fully saturated rings. The lowest BCUT2D eigenvalue weighted by atomic mass is 9.73. The van der Waals surface area contributed by atoms with Crippen LogP contribution in [-0.4, -0.2) is 74.2 Å². The minimum Gasteiger partial charge on any atom is -0.480 e. The Morgan fingerprint density at radius 3 is 2.75 bits per heavy atom. The first-order valence-corrected chi connectivity index (χ1v) is 12.3. The van der Waals surface area contributed by atoms with Gasteiger partial charge in [-0.1, -0.05) is 11.6 Å². The highest BCUT2D eigenvalue weighted by Crippen LogP contribution is 2.42. The van der Waals surface area contributed by atoms with Crippen molar-refractivity contribution in [2.24, 2.45) is 11.1 Å². The van der Waals surface area contributed by atoms with E-state index in [2.05, 4.69) is 25.1 Å². The van der Waals surface area contributed by atoms with Crippen molar-refractivity contribution >= 4 is 39.6 Å². The van der Waals surface area contributed by atoms with E-state index in [4.69, 9.17) is 36.8 Å². The molecule has 36 heavy (non-hydrogen) atoms. The number of hydrogen-bond donors (Lipinski definition) is 3. The van der Waals surface area contributed by atoms with Gasteiger partial charge in [0.15, 0.2) is 5.82 Å². The summed E-state index contributed by atoms with van der Waals surface area (Å²) in [5.74, 6) is 1.00. The largest absolute Gasteiger partial charge is 0.480 e. The van der Waals surface area contributed by atoms with Gasteiger partial charge in [-0.25, -0.2) is 19.9 Å². The number of anilines is 1. The Labute approximate surface area is 212 Å². The number of ether oxygens (including phenoxy) is 2. The number of halogens is 1. The molecule has 5 heterocycles. The first kappa shape index (κ1) is 23.3. The van der Waals surface area contributed by atoms with Crippen LogP contribution in [0.15, 0.2) is 18.3 Å². The Morgan fingerprint density at radius 1 is 1.25 bits per heavy atom. The summed E-state index contributed by atoms with van der Waals surface area (Å²) >= 11 is 6.74. The third-order valence-corrected chi connectivity index (χ3v) is 7.99. The van der Waals surface area contributed by atoms with Gasteiger partial charge in [-0.3, -0.25) is 5.10 Å². The minimum absolute atomic E-state index is 0.00919. The lowest BCUT2D eigenvalue weighted by Crippen LogP contribution is -2.51. The number of piperidine rings is 1. The van der Waals surface area contributed by atoms with E-state index in [1.54, 1.807) is 6.20 Å². The number of hydrogen-bond acceptors (Lipinski definition) is 10. The number of aromatic amines is 1. The SMILES string of the molecule is COc1cnc2ccc(-c3[nH]nc4nc(N5CCC6(CC5)CO[C@@H](C)[C@H]6N)c(CO)nc34)c(Cl)c2n1. The van der Waals surface area contributed by atoms with Crippen LogP contribution >= 0.6 is 11.6 Å². The number of benzene rings is 1. The van der Waals surface area contributed by atoms with Gasteiger partial charge in [0, 0.05) is 30.1 Å². The maximum Gasteiger partial charge on any atom is 0.232 e. The average Bonchev–Trinajstić information content (AvgIpc) is 3.44. The maximum absolute atomic E-state index is 10.2. The third-order valence-electron chi connectivity index (χ3n) is 7.60. The number of aromatic nitrogens is 6. The van der Waals surface area contributed by atoms with E-state index >= 15 is 0 Å². The molecule has 2 aliphatic rings. The van der Waals surface area contributed by atoms with Crippen LogP contribution < -0.4 is 15.4 Å². The lowest BCUT2D eigenvalue weighted by molar-refractivity contribution is 0.0973. The molecular formula is C24H27ClN8O3. The molecule has 6 rings (SSSR count). The third kappa shape index (κ3) is 3.57. The zero-order chi connectivity index (χ0) is 25.0. The van der Waals surface area contributed by atoms with Crippen molar-refractivity contribution in [3.05, 3.63) is 29.0 Å². The van der Waals surface area contributed by atoms with E-state index < -0.39 is 0 Å². The second kappa shape index (κ2) is 8.77. The molecular weight excluding hydrogens is 484 g/mol. The summed E-state index contributed by atoms with van der Waals surface area (Å²) in [6, 6.07) is 3.69. The molecule has 3 aromatic heterocycles. The van der Waals surface area contributed by atoms with Gasteiger partial charge in [-0.15, -0.1) is 0 Å². The second-order valence-corrected chi connectivity index (χ2v) is 9.90. The quantitative estimate of drug-likeness (QED) is 0.373. The van der Waals surface area contributed by atoms with Gasteiger partial charge >= 0.3 is 0 Å². The van der Waals surface area contributed by atoms with Crippen LogP contribution in [0, 0.1) is 5.41 Å².